The molecule has 13 nitrogen and oxygen atoms in total. The number of halogens is 2. The number of piperidine rings is 1. The van der Waals surface area contributed by atoms with Crippen molar-refractivity contribution in [2.45, 2.75) is 84.3 Å². The highest BCUT2D eigenvalue weighted by Crippen LogP contribution is 2.64. The molecule has 3 aromatic heterocycles. The molecule has 0 spiro atoms. The van der Waals surface area contributed by atoms with Crippen LogP contribution in [0.1, 0.15) is 74.2 Å². The highest BCUT2D eigenvalue weighted by molar-refractivity contribution is 9.10. The highest BCUT2D eigenvalue weighted by atomic mass is 79.9. The van der Waals surface area contributed by atoms with Crippen molar-refractivity contribution in [1.29, 1.82) is 0 Å². The lowest BCUT2D eigenvalue weighted by Crippen LogP contribution is -2.47. The number of pyridine rings is 1. The molecule has 15 heteroatoms. The third-order valence-electron chi connectivity index (χ3n) is 10.9. The number of carbonyl (C=O) groups excluding carboxylic acids is 4. The Morgan fingerprint density at radius 3 is 2.52 bits per heavy atom. The van der Waals surface area contributed by atoms with Crippen molar-refractivity contribution in [3.05, 3.63) is 58.1 Å². The fraction of sp³-hybridized carbons (Fsp3) is 0.459. The summed E-state index contributed by atoms with van der Waals surface area (Å²) < 4.78 is 21.0. The first kappa shape index (κ1) is 35.6. The number of carbonyl (C=O) groups is 4. The fourth-order valence-electron chi connectivity index (χ4n) is 8.13. The SMILES string of the molecule is COc1cc(NC(=O)[C@@H]2C[C@]34CNC(=O)CCCCCCc5cc(-c6cnc(C)nc6)cc6c(C(C)=O)nn(c56)CC(=O)N2C3C4C)nc(Br)c1F. The molecule has 0 radical (unpaired) electrons. The van der Waals surface area contributed by atoms with Gasteiger partial charge in [-0.3, -0.25) is 23.9 Å². The predicted molar refractivity (Wildman–Crippen MR) is 193 cm³/mol. The average Bonchev–Trinajstić information content (AvgIpc) is 3.37. The smallest absolute Gasteiger partial charge is 0.248 e. The minimum atomic E-state index is -0.914. The number of ether oxygens (including phenoxy) is 1. The van der Waals surface area contributed by atoms with Crippen molar-refractivity contribution in [1.82, 2.24) is 34.9 Å². The second kappa shape index (κ2) is 14.0. The summed E-state index contributed by atoms with van der Waals surface area (Å²) in [5.74, 6) is -1.26. The Morgan fingerprint density at radius 1 is 1.08 bits per heavy atom. The maximum Gasteiger partial charge on any atom is 0.248 e. The molecule has 4 aromatic rings. The molecular weight excluding hydrogens is 735 g/mol. The molecule has 7 rings (SSSR count). The lowest BCUT2D eigenvalue weighted by molar-refractivity contribution is -0.139. The molecule has 52 heavy (non-hydrogen) atoms. The molecule has 1 saturated carbocycles. The van der Waals surface area contributed by atoms with Crippen LogP contribution in [0.15, 0.2) is 35.2 Å². The van der Waals surface area contributed by atoms with Gasteiger partial charge in [-0.1, -0.05) is 19.8 Å². The number of amides is 3. The number of anilines is 1. The van der Waals surface area contributed by atoms with E-state index >= 15 is 0 Å². The molecule has 3 amide bonds. The number of ketones is 1. The third-order valence-corrected chi connectivity index (χ3v) is 11.4. The molecule has 2 fully saturated rings. The summed E-state index contributed by atoms with van der Waals surface area (Å²) in [5.41, 5.74) is 2.99. The number of Topliss-reactive ketones (excluding diaryl/α,β-unsaturated/α-hetero) is 1. The van der Waals surface area contributed by atoms with Crippen molar-refractivity contribution >= 4 is 56.2 Å². The second-order valence-electron chi connectivity index (χ2n) is 14.1. The standard InChI is InChI=1S/C37H40BrFN8O5/c1-19-34-37(19)14-26(36(51)44-28-13-27(52-4)31(39)35(38)43-28)47(34)30(50)17-46-33-22(9-7-5-6-8-10-29(49)42-18-37)11-23(24-15-40-21(3)41-16-24)12-25(33)32(45-46)20(2)48/h11-13,15-16,19,26,34H,5-10,14,17-18H2,1-4H3,(H,42,49)(H,43,44,51)/t19?,26-,34?,37+/m0/s1. The van der Waals surface area contributed by atoms with Crippen LogP contribution >= 0.6 is 15.9 Å². The molecular formula is C37H40BrFN8O5. The number of rotatable bonds is 5. The summed E-state index contributed by atoms with van der Waals surface area (Å²) in [6.45, 7) is 5.41. The normalized spacial score (nSPS) is 23.5. The Hall–Kier alpha value is -4.79. The van der Waals surface area contributed by atoms with Gasteiger partial charge in [-0.15, -0.1) is 0 Å². The van der Waals surface area contributed by atoms with E-state index in [9.17, 15) is 23.6 Å². The Balaban J connectivity index is 1.29. The summed E-state index contributed by atoms with van der Waals surface area (Å²) in [7, 11) is 1.31. The first-order chi connectivity index (χ1) is 24.9. The Bertz CT molecular complexity index is 2110. The van der Waals surface area contributed by atoms with Gasteiger partial charge in [0.15, 0.2) is 17.3 Å². The van der Waals surface area contributed by atoms with Gasteiger partial charge < -0.3 is 20.3 Å². The van der Waals surface area contributed by atoms with Crippen LogP contribution in [0.4, 0.5) is 10.2 Å². The van der Waals surface area contributed by atoms with Crippen LogP contribution in [0, 0.1) is 24.1 Å². The first-order valence-corrected chi connectivity index (χ1v) is 18.3. The molecule has 272 valence electrons. The van der Waals surface area contributed by atoms with Gasteiger partial charge in [-0.2, -0.15) is 9.49 Å². The molecule has 2 aliphatic heterocycles. The topological polar surface area (TPSA) is 161 Å². The number of benzene rings is 1. The van der Waals surface area contributed by atoms with Gasteiger partial charge in [0.1, 0.15) is 34.5 Å². The van der Waals surface area contributed by atoms with Crippen molar-refractivity contribution < 1.29 is 28.3 Å². The van der Waals surface area contributed by atoms with Gasteiger partial charge in [-0.05, 0) is 77.7 Å². The van der Waals surface area contributed by atoms with Crippen LogP contribution in [0.25, 0.3) is 22.0 Å². The van der Waals surface area contributed by atoms with E-state index in [0.717, 1.165) is 42.4 Å². The Kier molecular flexibility index (Phi) is 9.57. The molecule has 3 aliphatic rings. The van der Waals surface area contributed by atoms with Gasteiger partial charge in [0.25, 0.3) is 0 Å². The minimum Gasteiger partial charge on any atom is -0.493 e. The van der Waals surface area contributed by atoms with Crippen molar-refractivity contribution in [2.24, 2.45) is 11.3 Å². The second-order valence-corrected chi connectivity index (χ2v) is 14.8. The quantitative estimate of drug-likeness (QED) is 0.206. The van der Waals surface area contributed by atoms with Gasteiger partial charge >= 0.3 is 0 Å². The first-order valence-electron chi connectivity index (χ1n) is 17.5. The Morgan fingerprint density at radius 2 is 1.81 bits per heavy atom. The lowest BCUT2D eigenvalue weighted by atomic mass is 9.95. The highest BCUT2D eigenvalue weighted by Gasteiger charge is 2.72. The number of nitrogens with zero attached hydrogens (tertiary/aromatic N) is 6. The van der Waals surface area contributed by atoms with Crippen LogP contribution in [0.3, 0.4) is 0 Å². The average molecular weight is 776 g/mol. The van der Waals surface area contributed by atoms with Crippen LogP contribution in [0.5, 0.6) is 5.75 Å². The molecule has 2 bridgehead atoms. The molecule has 2 N–H and O–H groups in total. The predicted octanol–water partition coefficient (Wildman–Crippen LogP) is 5.18. The molecule has 1 aromatic carbocycles. The summed E-state index contributed by atoms with van der Waals surface area (Å²) in [5, 5.41) is 11.2. The molecule has 1 aliphatic carbocycles. The third kappa shape index (κ3) is 6.43. The van der Waals surface area contributed by atoms with Crippen LogP contribution in [-0.2, 0) is 27.3 Å². The number of nitrogens with one attached hydrogen (secondary N) is 2. The number of methoxy groups -OCH3 is 1. The van der Waals surface area contributed by atoms with E-state index in [1.165, 1.54) is 20.1 Å². The molecule has 5 heterocycles. The van der Waals surface area contributed by atoms with E-state index in [4.69, 9.17) is 9.84 Å². The Labute approximate surface area is 308 Å². The van der Waals surface area contributed by atoms with Gasteiger partial charge in [-0.25, -0.2) is 15.0 Å². The number of aryl methyl sites for hydroxylation is 2. The van der Waals surface area contributed by atoms with Crippen LogP contribution in [0.2, 0.25) is 0 Å². The zero-order chi connectivity index (χ0) is 36.9. The number of aromatic nitrogens is 5. The zero-order valence-electron chi connectivity index (χ0n) is 29.5. The van der Waals surface area contributed by atoms with Gasteiger partial charge in [0, 0.05) is 60.8 Å². The van der Waals surface area contributed by atoms with E-state index in [0.29, 0.717) is 42.5 Å². The molecule has 4 atom stereocenters. The fourth-order valence-corrected chi connectivity index (χ4v) is 8.51. The zero-order valence-corrected chi connectivity index (χ0v) is 31.0. The van der Waals surface area contributed by atoms with E-state index in [1.54, 1.807) is 22.0 Å². The van der Waals surface area contributed by atoms with Gasteiger partial charge in [0.05, 0.1) is 12.6 Å². The summed E-state index contributed by atoms with van der Waals surface area (Å²) >= 11 is 3.07. The lowest BCUT2D eigenvalue weighted by Gasteiger charge is -2.28. The minimum absolute atomic E-state index is 0.00913. The van der Waals surface area contributed by atoms with Crippen molar-refractivity contribution in [2.75, 3.05) is 19.0 Å². The summed E-state index contributed by atoms with van der Waals surface area (Å²) in [6, 6.07) is 3.99. The number of hydrogen-bond acceptors (Lipinski definition) is 9. The van der Waals surface area contributed by atoms with E-state index in [-0.39, 0.29) is 58.0 Å². The van der Waals surface area contributed by atoms with E-state index < -0.39 is 23.2 Å². The van der Waals surface area contributed by atoms with Crippen molar-refractivity contribution in [3.8, 4) is 16.9 Å². The van der Waals surface area contributed by atoms with Crippen molar-refractivity contribution in [3.63, 3.8) is 0 Å². The maximum atomic E-state index is 14.6. The van der Waals surface area contributed by atoms with E-state index in [2.05, 4.69) is 41.5 Å². The largest absolute Gasteiger partial charge is 0.493 e. The van der Waals surface area contributed by atoms with Crippen LogP contribution < -0.4 is 15.4 Å². The van der Waals surface area contributed by atoms with Gasteiger partial charge in [0.2, 0.25) is 17.7 Å². The maximum absolute atomic E-state index is 14.6. The molecule has 2 unspecified atom stereocenters. The van der Waals surface area contributed by atoms with E-state index in [1.807, 2.05) is 26.0 Å². The number of hydrogen-bond donors (Lipinski definition) is 2. The summed E-state index contributed by atoms with van der Waals surface area (Å²) in [4.78, 5) is 69.1. The summed E-state index contributed by atoms with van der Waals surface area (Å²) in [6.07, 6.45) is 8.18. The van der Waals surface area contributed by atoms with Crippen LogP contribution in [-0.4, -0.2) is 78.9 Å². The monoisotopic (exact) mass is 774 g/mol. The molecule has 1 saturated heterocycles.